The van der Waals surface area contributed by atoms with Gasteiger partial charge in [-0.25, -0.2) is 0 Å². The molecule has 1 saturated heterocycles. The monoisotopic (exact) mass is 332 g/mol. The highest BCUT2D eigenvalue weighted by Gasteiger charge is 2.34. The fourth-order valence-electron chi connectivity index (χ4n) is 3.24. The molecule has 0 aromatic heterocycles. The summed E-state index contributed by atoms with van der Waals surface area (Å²) in [6, 6.07) is 9.54. The summed E-state index contributed by atoms with van der Waals surface area (Å²) in [5.41, 5.74) is 1.10. The lowest BCUT2D eigenvalue weighted by Gasteiger charge is -2.26. The van der Waals surface area contributed by atoms with E-state index in [9.17, 15) is 14.7 Å². The Morgan fingerprint density at radius 3 is 2.62 bits per heavy atom. The van der Waals surface area contributed by atoms with Crippen LogP contribution in [0.2, 0.25) is 0 Å². The van der Waals surface area contributed by atoms with E-state index in [0.717, 1.165) is 18.4 Å². The molecule has 2 atom stereocenters. The SMILES string of the molecule is CC(C)C(=O)N1CCCC1C(=O)NCC(CCO)c1ccccc1. The summed E-state index contributed by atoms with van der Waals surface area (Å²) in [4.78, 5) is 26.5. The van der Waals surface area contributed by atoms with Crippen LogP contribution in [-0.4, -0.2) is 47.6 Å². The Morgan fingerprint density at radius 1 is 1.29 bits per heavy atom. The third kappa shape index (κ3) is 4.57. The second-order valence-corrected chi connectivity index (χ2v) is 6.71. The van der Waals surface area contributed by atoms with Crippen LogP contribution >= 0.6 is 0 Å². The van der Waals surface area contributed by atoms with E-state index in [2.05, 4.69) is 5.32 Å². The zero-order valence-electron chi connectivity index (χ0n) is 14.6. The molecule has 1 aromatic rings. The summed E-state index contributed by atoms with van der Waals surface area (Å²) < 4.78 is 0. The molecule has 24 heavy (non-hydrogen) atoms. The van der Waals surface area contributed by atoms with Crippen LogP contribution in [0.1, 0.15) is 44.6 Å². The molecule has 0 saturated carbocycles. The Balaban J connectivity index is 1.96. The van der Waals surface area contributed by atoms with Crippen molar-refractivity contribution in [2.75, 3.05) is 19.7 Å². The van der Waals surface area contributed by atoms with Gasteiger partial charge < -0.3 is 15.3 Å². The van der Waals surface area contributed by atoms with Crippen LogP contribution in [-0.2, 0) is 9.59 Å². The number of carbonyl (C=O) groups is 2. The molecule has 0 aliphatic carbocycles. The van der Waals surface area contributed by atoms with Gasteiger partial charge in [0.25, 0.3) is 0 Å². The summed E-state index contributed by atoms with van der Waals surface area (Å²) in [6.45, 7) is 4.94. The number of carbonyl (C=O) groups excluding carboxylic acids is 2. The molecule has 2 N–H and O–H groups in total. The third-order valence-corrected chi connectivity index (χ3v) is 4.60. The van der Waals surface area contributed by atoms with Gasteiger partial charge in [-0.2, -0.15) is 0 Å². The average Bonchev–Trinajstić information content (AvgIpc) is 3.08. The van der Waals surface area contributed by atoms with E-state index in [0.29, 0.717) is 19.5 Å². The Hall–Kier alpha value is -1.88. The molecule has 132 valence electrons. The molecule has 1 aromatic carbocycles. The molecule has 5 heteroatoms. The van der Waals surface area contributed by atoms with Gasteiger partial charge in [0.05, 0.1) is 0 Å². The topological polar surface area (TPSA) is 69.6 Å². The lowest BCUT2D eigenvalue weighted by molar-refractivity contribution is -0.140. The van der Waals surface area contributed by atoms with E-state index in [1.807, 2.05) is 44.2 Å². The van der Waals surface area contributed by atoms with Crippen molar-refractivity contribution in [2.45, 2.75) is 45.1 Å². The summed E-state index contributed by atoms with van der Waals surface area (Å²) in [7, 11) is 0. The summed E-state index contributed by atoms with van der Waals surface area (Å²) >= 11 is 0. The van der Waals surface area contributed by atoms with Crippen LogP contribution < -0.4 is 5.32 Å². The van der Waals surface area contributed by atoms with Crippen molar-refractivity contribution < 1.29 is 14.7 Å². The zero-order chi connectivity index (χ0) is 17.5. The molecule has 0 radical (unpaired) electrons. The highest BCUT2D eigenvalue weighted by molar-refractivity contribution is 5.88. The van der Waals surface area contributed by atoms with Gasteiger partial charge in [0.15, 0.2) is 0 Å². The zero-order valence-corrected chi connectivity index (χ0v) is 14.6. The molecule has 5 nitrogen and oxygen atoms in total. The molecule has 0 bridgehead atoms. The lowest BCUT2D eigenvalue weighted by atomic mass is 9.96. The van der Waals surface area contributed by atoms with Gasteiger partial charge in [0.2, 0.25) is 11.8 Å². The Labute approximate surface area is 144 Å². The van der Waals surface area contributed by atoms with Crippen molar-refractivity contribution in [1.82, 2.24) is 10.2 Å². The molecule has 2 unspecified atom stereocenters. The fraction of sp³-hybridized carbons (Fsp3) is 0.579. The molecule has 1 heterocycles. The van der Waals surface area contributed by atoms with Crippen molar-refractivity contribution in [1.29, 1.82) is 0 Å². The van der Waals surface area contributed by atoms with Gasteiger partial charge >= 0.3 is 0 Å². The Bertz CT molecular complexity index is 545. The van der Waals surface area contributed by atoms with Crippen molar-refractivity contribution in [3.63, 3.8) is 0 Å². The second kappa shape index (κ2) is 8.83. The van der Waals surface area contributed by atoms with E-state index in [4.69, 9.17) is 0 Å². The maximum atomic E-state index is 12.6. The van der Waals surface area contributed by atoms with Crippen molar-refractivity contribution in [3.8, 4) is 0 Å². The van der Waals surface area contributed by atoms with Crippen LogP contribution in [0.15, 0.2) is 30.3 Å². The average molecular weight is 332 g/mol. The van der Waals surface area contributed by atoms with E-state index in [1.54, 1.807) is 4.90 Å². The first-order valence-electron chi connectivity index (χ1n) is 8.78. The molecular formula is C19H28N2O3. The van der Waals surface area contributed by atoms with Crippen molar-refractivity contribution in [2.24, 2.45) is 5.92 Å². The number of hydrogen-bond donors (Lipinski definition) is 2. The molecule has 2 amide bonds. The molecule has 2 rings (SSSR count). The van der Waals surface area contributed by atoms with Gasteiger partial charge in [-0.05, 0) is 24.8 Å². The minimum absolute atomic E-state index is 0.0441. The number of benzene rings is 1. The number of rotatable bonds is 7. The Kier molecular flexibility index (Phi) is 6.79. The van der Waals surface area contributed by atoms with Gasteiger partial charge in [-0.1, -0.05) is 44.2 Å². The molecule has 1 aliphatic heterocycles. The van der Waals surface area contributed by atoms with Crippen molar-refractivity contribution >= 4 is 11.8 Å². The lowest BCUT2D eigenvalue weighted by Crippen LogP contribution is -2.48. The summed E-state index contributed by atoms with van der Waals surface area (Å²) in [5, 5.41) is 12.3. The van der Waals surface area contributed by atoms with E-state index < -0.39 is 0 Å². The standard InChI is InChI=1S/C19H28N2O3/c1-14(2)19(24)21-11-6-9-17(21)18(23)20-13-16(10-12-22)15-7-4-3-5-8-15/h3-5,7-8,14,16-17,22H,6,9-13H2,1-2H3,(H,20,23). The van der Waals surface area contributed by atoms with Crippen LogP contribution in [0.4, 0.5) is 0 Å². The van der Waals surface area contributed by atoms with Crippen LogP contribution in [0.5, 0.6) is 0 Å². The maximum absolute atomic E-state index is 12.6. The minimum Gasteiger partial charge on any atom is -0.396 e. The largest absolute Gasteiger partial charge is 0.396 e. The van der Waals surface area contributed by atoms with E-state index in [1.165, 1.54) is 0 Å². The molecule has 1 fully saturated rings. The van der Waals surface area contributed by atoms with Gasteiger partial charge in [0.1, 0.15) is 6.04 Å². The number of likely N-dealkylation sites (tertiary alicyclic amines) is 1. The third-order valence-electron chi connectivity index (χ3n) is 4.60. The van der Waals surface area contributed by atoms with Crippen LogP contribution in [0.25, 0.3) is 0 Å². The normalized spacial score (nSPS) is 18.7. The predicted octanol–water partition coefficient (Wildman–Crippen LogP) is 1.92. The fourth-order valence-corrected chi connectivity index (χ4v) is 3.24. The van der Waals surface area contributed by atoms with Gasteiger partial charge in [-0.3, -0.25) is 9.59 Å². The van der Waals surface area contributed by atoms with Gasteiger partial charge in [0, 0.05) is 31.5 Å². The number of hydrogen-bond acceptors (Lipinski definition) is 3. The molecular weight excluding hydrogens is 304 g/mol. The first kappa shape index (κ1) is 18.5. The highest BCUT2D eigenvalue weighted by Crippen LogP contribution is 2.21. The van der Waals surface area contributed by atoms with E-state index in [-0.39, 0.29) is 36.3 Å². The van der Waals surface area contributed by atoms with E-state index >= 15 is 0 Å². The number of amides is 2. The minimum atomic E-state index is -0.356. The first-order chi connectivity index (χ1) is 11.5. The van der Waals surface area contributed by atoms with Crippen LogP contribution in [0, 0.1) is 5.92 Å². The van der Waals surface area contributed by atoms with Crippen molar-refractivity contribution in [3.05, 3.63) is 35.9 Å². The maximum Gasteiger partial charge on any atom is 0.242 e. The predicted molar refractivity (Wildman–Crippen MR) is 93.5 cm³/mol. The smallest absolute Gasteiger partial charge is 0.242 e. The van der Waals surface area contributed by atoms with Gasteiger partial charge in [-0.15, -0.1) is 0 Å². The number of nitrogens with one attached hydrogen (secondary N) is 1. The second-order valence-electron chi connectivity index (χ2n) is 6.71. The quantitative estimate of drug-likeness (QED) is 0.801. The number of aliphatic hydroxyl groups is 1. The first-order valence-corrected chi connectivity index (χ1v) is 8.78. The summed E-state index contributed by atoms with van der Waals surface area (Å²) in [5.74, 6) is -0.0522. The summed E-state index contributed by atoms with van der Waals surface area (Å²) in [6.07, 6.45) is 2.19. The highest BCUT2D eigenvalue weighted by atomic mass is 16.3. The Morgan fingerprint density at radius 2 is 2.00 bits per heavy atom. The van der Waals surface area contributed by atoms with Crippen LogP contribution in [0.3, 0.4) is 0 Å². The number of nitrogens with zero attached hydrogens (tertiary/aromatic N) is 1. The molecule has 0 spiro atoms. The molecule has 1 aliphatic rings. The number of aliphatic hydroxyl groups excluding tert-OH is 1.